The Morgan fingerprint density at radius 2 is 1.74 bits per heavy atom. The molecule has 0 aliphatic carbocycles. The van der Waals surface area contributed by atoms with Gasteiger partial charge in [-0.05, 0) is 61.4 Å². The van der Waals surface area contributed by atoms with Crippen LogP contribution in [-0.4, -0.2) is 30.5 Å². The minimum atomic E-state index is -0.923. The summed E-state index contributed by atoms with van der Waals surface area (Å²) in [5, 5.41) is 9.15. The zero-order valence-electron chi connectivity index (χ0n) is 18.6. The van der Waals surface area contributed by atoms with Crippen molar-refractivity contribution in [2.75, 3.05) is 17.2 Å². The van der Waals surface area contributed by atoms with E-state index in [9.17, 15) is 14.4 Å². The molecule has 34 heavy (non-hydrogen) atoms. The van der Waals surface area contributed by atoms with Gasteiger partial charge in [0, 0.05) is 21.4 Å². The lowest BCUT2D eigenvalue weighted by molar-refractivity contribution is -0.136. The van der Waals surface area contributed by atoms with Crippen LogP contribution in [0.3, 0.4) is 0 Å². The molecule has 3 rings (SSSR count). The highest BCUT2D eigenvalue weighted by molar-refractivity contribution is 9.10. The van der Waals surface area contributed by atoms with Crippen molar-refractivity contribution in [1.29, 1.82) is 0 Å². The van der Waals surface area contributed by atoms with Gasteiger partial charge in [-0.2, -0.15) is 5.10 Å². The van der Waals surface area contributed by atoms with E-state index in [1.165, 1.54) is 6.21 Å². The molecule has 3 aromatic rings. The first-order chi connectivity index (χ1) is 16.3. The van der Waals surface area contributed by atoms with Crippen LogP contribution >= 0.6 is 15.9 Å². The Balaban J connectivity index is 1.58. The maximum Gasteiger partial charge on any atom is 0.329 e. The Bertz CT molecular complexity index is 1240. The van der Waals surface area contributed by atoms with Gasteiger partial charge < -0.3 is 15.4 Å². The Labute approximate surface area is 205 Å². The average molecular weight is 523 g/mol. The lowest BCUT2D eigenvalue weighted by Gasteiger charge is -2.11. The van der Waals surface area contributed by atoms with Crippen molar-refractivity contribution in [2.24, 2.45) is 5.10 Å². The summed E-state index contributed by atoms with van der Waals surface area (Å²) in [6.45, 7) is 3.56. The Morgan fingerprint density at radius 1 is 0.941 bits per heavy atom. The van der Waals surface area contributed by atoms with Gasteiger partial charge in [-0.3, -0.25) is 14.4 Å². The van der Waals surface area contributed by atoms with Crippen molar-refractivity contribution in [1.82, 2.24) is 5.43 Å². The third-order valence-corrected chi connectivity index (χ3v) is 5.09. The molecule has 0 saturated carbocycles. The van der Waals surface area contributed by atoms with E-state index in [-0.39, 0.29) is 12.5 Å². The van der Waals surface area contributed by atoms with Crippen molar-refractivity contribution in [3.63, 3.8) is 0 Å². The summed E-state index contributed by atoms with van der Waals surface area (Å²) in [4.78, 5) is 36.4. The van der Waals surface area contributed by atoms with E-state index in [1.807, 2.05) is 44.2 Å². The molecule has 0 heterocycles. The van der Waals surface area contributed by atoms with E-state index in [1.54, 1.807) is 36.4 Å². The van der Waals surface area contributed by atoms with Gasteiger partial charge in [-0.25, -0.2) is 5.43 Å². The minimum Gasteiger partial charge on any atom is -0.483 e. The fourth-order valence-electron chi connectivity index (χ4n) is 2.92. The summed E-state index contributed by atoms with van der Waals surface area (Å²) < 4.78 is 6.39. The number of hydrogen-bond acceptors (Lipinski definition) is 5. The van der Waals surface area contributed by atoms with Gasteiger partial charge >= 0.3 is 11.8 Å². The zero-order valence-corrected chi connectivity index (χ0v) is 20.2. The summed E-state index contributed by atoms with van der Waals surface area (Å²) in [5.41, 5.74) is 5.79. The smallest absolute Gasteiger partial charge is 0.329 e. The Hall–Kier alpha value is -3.98. The van der Waals surface area contributed by atoms with Crippen LogP contribution in [0.4, 0.5) is 11.4 Å². The highest BCUT2D eigenvalue weighted by atomic mass is 79.9. The number of aryl methyl sites for hydroxylation is 2. The highest BCUT2D eigenvalue weighted by Gasteiger charge is 2.13. The van der Waals surface area contributed by atoms with Crippen molar-refractivity contribution < 1.29 is 19.1 Å². The number of halogens is 1. The fraction of sp³-hybridized carbons (Fsp3) is 0.120. The average Bonchev–Trinajstić information content (AvgIpc) is 2.80. The van der Waals surface area contributed by atoms with Gasteiger partial charge in [-0.1, -0.05) is 46.3 Å². The van der Waals surface area contributed by atoms with Crippen molar-refractivity contribution in [3.8, 4) is 5.75 Å². The van der Waals surface area contributed by atoms with Gasteiger partial charge in [-0.15, -0.1) is 0 Å². The molecule has 3 N–H and O–H groups in total. The van der Waals surface area contributed by atoms with E-state index in [0.29, 0.717) is 22.7 Å². The second kappa shape index (κ2) is 11.8. The van der Waals surface area contributed by atoms with Crippen molar-refractivity contribution >= 4 is 51.2 Å². The number of amides is 3. The molecule has 3 aromatic carbocycles. The molecule has 0 spiro atoms. The van der Waals surface area contributed by atoms with Gasteiger partial charge in [0.1, 0.15) is 5.75 Å². The second-order valence-electron chi connectivity index (χ2n) is 7.36. The maximum atomic E-state index is 12.3. The van der Waals surface area contributed by atoms with E-state index >= 15 is 0 Å². The van der Waals surface area contributed by atoms with E-state index < -0.39 is 11.8 Å². The third kappa shape index (κ3) is 7.28. The van der Waals surface area contributed by atoms with Crippen LogP contribution in [0.25, 0.3) is 0 Å². The third-order valence-electron chi connectivity index (χ3n) is 4.60. The first kappa shape index (κ1) is 24.7. The number of hydrazone groups is 1. The van der Waals surface area contributed by atoms with Crippen molar-refractivity contribution in [3.05, 3.63) is 87.9 Å². The predicted molar refractivity (Wildman–Crippen MR) is 135 cm³/mol. The molecule has 3 amide bonds. The predicted octanol–water partition coefficient (Wildman–Crippen LogP) is 4.17. The molecule has 0 unspecified atom stereocenters. The normalized spacial score (nSPS) is 10.6. The number of anilines is 2. The van der Waals surface area contributed by atoms with Crippen LogP contribution < -0.4 is 20.8 Å². The van der Waals surface area contributed by atoms with Crippen molar-refractivity contribution in [2.45, 2.75) is 13.8 Å². The Kier molecular flexibility index (Phi) is 8.53. The quantitative estimate of drug-likeness (QED) is 0.245. The number of carbonyl (C=O) groups excluding carboxylic acids is 3. The molecule has 0 aliphatic rings. The first-order valence-corrected chi connectivity index (χ1v) is 11.1. The largest absolute Gasteiger partial charge is 0.483 e. The molecule has 174 valence electrons. The molecule has 9 heteroatoms. The molecular formula is C25H23BrN4O4. The van der Waals surface area contributed by atoms with E-state index in [2.05, 4.69) is 37.1 Å². The number of hydrogen-bond donors (Lipinski definition) is 3. The number of rotatable bonds is 7. The van der Waals surface area contributed by atoms with E-state index in [4.69, 9.17) is 4.74 Å². The van der Waals surface area contributed by atoms with Crippen LogP contribution in [0.5, 0.6) is 5.75 Å². The molecule has 0 aliphatic heterocycles. The number of ether oxygens (including phenoxy) is 1. The number of carbonyl (C=O) groups is 3. The lowest BCUT2D eigenvalue weighted by Crippen LogP contribution is -2.32. The molecular weight excluding hydrogens is 500 g/mol. The van der Waals surface area contributed by atoms with Gasteiger partial charge in [0.05, 0.1) is 6.21 Å². The second-order valence-corrected chi connectivity index (χ2v) is 8.27. The topological polar surface area (TPSA) is 109 Å². The minimum absolute atomic E-state index is 0.220. The zero-order chi connectivity index (χ0) is 24.5. The molecule has 0 radical (unpaired) electrons. The first-order valence-electron chi connectivity index (χ1n) is 10.3. The number of nitrogens with zero attached hydrogens (tertiary/aromatic N) is 1. The standard InChI is InChI=1S/C25H23BrN4O4/c1-16-6-5-8-20(12-16)28-24(32)25(33)30-27-14-18-13-19(26)10-11-22(18)34-15-23(31)29-21-9-4-3-7-17(21)2/h3-14H,15H2,1-2H3,(H,28,32)(H,29,31)(H,30,33)/b27-14-. The summed E-state index contributed by atoms with van der Waals surface area (Å²) in [6, 6.07) is 19.6. The maximum absolute atomic E-state index is 12.3. The monoisotopic (exact) mass is 522 g/mol. The van der Waals surface area contributed by atoms with Gasteiger partial charge in [0.2, 0.25) is 0 Å². The molecule has 0 atom stereocenters. The summed E-state index contributed by atoms with van der Waals surface area (Å²) in [5.74, 6) is -1.71. The summed E-state index contributed by atoms with van der Waals surface area (Å²) in [6.07, 6.45) is 1.33. The lowest BCUT2D eigenvalue weighted by atomic mass is 10.2. The van der Waals surface area contributed by atoms with E-state index in [0.717, 1.165) is 15.6 Å². The molecule has 0 saturated heterocycles. The Morgan fingerprint density at radius 3 is 2.50 bits per heavy atom. The highest BCUT2D eigenvalue weighted by Crippen LogP contribution is 2.22. The SMILES string of the molecule is Cc1cccc(NC(=O)C(=O)N/N=C\c2cc(Br)ccc2OCC(=O)Nc2ccccc2C)c1. The number of para-hydroxylation sites is 1. The molecule has 0 fully saturated rings. The van der Waals surface area contributed by atoms with Crippen LogP contribution in [0, 0.1) is 13.8 Å². The molecule has 0 bridgehead atoms. The number of benzene rings is 3. The van der Waals surface area contributed by atoms with Gasteiger partial charge in [0.15, 0.2) is 6.61 Å². The van der Waals surface area contributed by atoms with Gasteiger partial charge in [0.25, 0.3) is 5.91 Å². The summed E-state index contributed by atoms with van der Waals surface area (Å²) >= 11 is 3.37. The van der Waals surface area contributed by atoms with Crippen LogP contribution in [-0.2, 0) is 14.4 Å². The summed E-state index contributed by atoms with van der Waals surface area (Å²) in [7, 11) is 0. The molecule has 8 nitrogen and oxygen atoms in total. The van der Waals surface area contributed by atoms with Crippen LogP contribution in [0.15, 0.2) is 76.3 Å². The molecule has 0 aromatic heterocycles. The van der Waals surface area contributed by atoms with Crippen LogP contribution in [0.1, 0.15) is 16.7 Å². The van der Waals surface area contributed by atoms with Crippen LogP contribution in [0.2, 0.25) is 0 Å². The fourth-order valence-corrected chi connectivity index (χ4v) is 3.30. The number of nitrogens with one attached hydrogen (secondary N) is 3.